The molecule has 0 saturated heterocycles. The molecule has 2 aromatic heterocycles. The van der Waals surface area contributed by atoms with Crippen molar-refractivity contribution in [1.82, 2.24) is 9.55 Å². The van der Waals surface area contributed by atoms with Gasteiger partial charge in [-0.05, 0) is 76.6 Å². The third-order valence-electron chi connectivity index (χ3n) is 9.55. The molecular formula is C44H48N4O. The fraction of sp³-hybridized carbons (Fsp3) is 0.295. The molecule has 4 aromatic carbocycles. The smallest absolute Gasteiger partial charge is 0.137 e. The fourth-order valence-electron chi connectivity index (χ4n) is 6.73. The first-order valence-electron chi connectivity index (χ1n) is 17.3. The highest BCUT2D eigenvalue weighted by Gasteiger charge is 2.31. The maximum atomic E-state index is 6.64. The lowest BCUT2D eigenvalue weighted by Crippen LogP contribution is -2.30. The molecule has 5 nitrogen and oxygen atoms in total. The maximum absolute atomic E-state index is 6.64. The molecule has 1 aliphatic heterocycles. The molecule has 0 unspecified atom stereocenters. The number of para-hydroxylation sites is 1. The first kappa shape index (κ1) is 32.5. The molecule has 5 heteroatoms. The van der Waals surface area contributed by atoms with Gasteiger partial charge in [-0.1, -0.05) is 98.7 Å². The van der Waals surface area contributed by atoms with Crippen molar-refractivity contribution in [3.8, 4) is 17.3 Å². The minimum atomic E-state index is -0.0479. The Hall–Kier alpha value is -5.03. The van der Waals surface area contributed by atoms with E-state index in [0.29, 0.717) is 0 Å². The molecule has 0 N–H and O–H groups in total. The van der Waals surface area contributed by atoms with Crippen LogP contribution in [0, 0.1) is 5.41 Å². The van der Waals surface area contributed by atoms with Crippen LogP contribution >= 0.6 is 0 Å². The molecule has 1 aliphatic rings. The van der Waals surface area contributed by atoms with E-state index in [1.165, 1.54) is 33.3 Å². The molecule has 0 aliphatic carbocycles. The minimum Gasteiger partial charge on any atom is -0.457 e. The SMILES string of the molecule is CC(C)(C)C1=CN(c2ccc(C(C)(C)C)cc2)CN1c1cccc(Oc2ccc3c4ccccc4n(-c4cc(C(C)(C)C)ccn4)c3c2)c1. The lowest BCUT2D eigenvalue weighted by molar-refractivity contribution is 0.481. The van der Waals surface area contributed by atoms with Crippen molar-refractivity contribution >= 4 is 33.2 Å². The summed E-state index contributed by atoms with van der Waals surface area (Å²) in [5.74, 6) is 2.49. The van der Waals surface area contributed by atoms with Crippen LogP contribution in [0.4, 0.5) is 11.4 Å². The van der Waals surface area contributed by atoms with E-state index in [0.717, 1.165) is 40.7 Å². The van der Waals surface area contributed by atoms with Gasteiger partial charge in [0, 0.05) is 57.8 Å². The summed E-state index contributed by atoms with van der Waals surface area (Å²) in [6, 6.07) is 36.7. The number of hydrogen-bond acceptors (Lipinski definition) is 4. The molecule has 0 bridgehead atoms. The van der Waals surface area contributed by atoms with Gasteiger partial charge in [0.15, 0.2) is 0 Å². The normalized spacial score (nSPS) is 14.2. The van der Waals surface area contributed by atoms with Crippen LogP contribution in [0.1, 0.15) is 73.4 Å². The number of fused-ring (bicyclic) bond motifs is 3. The zero-order valence-electron chi connectivity index (χ0n) is 30.4. The quantitative estimate of drug-likeness (QED) is 0.186. The van der Waals surface area contributed by atoms with Crippen LogP contribution in [0.2, 0.25) is 0 Å². The Morgan fingerprint density at radius 1 is 0.571 bits per heavy atom. The van der Waals surface area contributed by atoms with E-state index < -0.39 is 0 Å². The Balaban J connectivity index is 1.22. The third kappa shape index (κ3) is 6.30. The molecule has 7 rings (SSSR count). The number of rotatable bonds is 5. The monoisotopic (exact) mass is 648 g/mol. The molecule has 3 heterocycles. The zero-order valence-corrected chi connectivity index (χ0v) is 30.4. The Labute approximate surface area is 291 Å². The van der Waals surface area contributed by atoms with Crippen LogP contribution in [0.5, 0.6) is 11.5 Å². The van der Waals surface area contributed by atoms with Gasteiger partial charge in [-0.3, -0.25) is 4.57 Å². The number of aromatic nitrogens is 2. The predicted molar refractivity (Wildman–Crippen MR) is 206 cm³/mol. The number of nitrogens with zero attached hydrogens (tertiary/aromatic N) is 4. The Morgan fingerprint density at radius 3 is 1.98 bits per heavy atom. The van der Waals surface area contributed by atoms with Crippen molar-refractivity contribution in [2.75, 3.05) is 16.5 Å². The highest BCUT2D eigenvalue weighted by Crippen LogP contribution is 2.40. The van der Waals surface area contributed by atoms with Crippen LogP contribution < -0.4 is 14.5 Å². The Kier molecular flexibility index (Phi) is 7.85. The van der Waals surface area contributed by atoms with Gasteiger partial charge in [0.2, 0.25) is 0 Å². The van der Waals surface area contributed by atoms with Gasteiger partial charge in [-0.2, -0.15) is 0 Å². The molecule has 0 saturated carbocycles. The summed E-state index contributed by atoms with van der Waals surface area (Å²) in [6.07, 6.45) is 4.22. The minimum absolute atomic E-state index is 0.0149. The summed E-state index contributed by atoms with van der Waals surface area (Å²) in [5.41, 5.74) is 8.43. The van der Waals surface area contributed by atoms with E-state index in [1.807, 2.05) is 12.3 Å². The number of ether oxygens (including phenoxy) is 1. The second-order valence-electron chi connectivity index (χ2n) is 16.4. The molecule has 0 fully saturated rings. The number of pyridine rings is 1. The average Bonchev–Trinajstić information content (AvgIpc) is 3.65. The van der Waals surface area contributed by atoms with Crippen LogP contribution in [-0.2, 0) is 10.8 Å². The van der Waals surface area contributed by atoms with E-state index in [1.54, 1.807) is 0 Å². The lowest BCUT2D eigenvalue weighted by Gasteiger charge is -2.31. The topological polar surface area (TPSA) is 33.5 Å². The predicted octanol–water partition coefficient (Wildman–Crippen LogP) is 11.7. The Bertz CT molecular complexity index is 2190. The van der Waals surface area contributed by atoms with Crippen molar-refractivity contribution in [3.63, 3.8) is 0 Å². The van der Waals surface area contributed by atoms with Gasteiger partial charge < -0.3 is 14.5 Å². The van der Waals surface area contributed by atoms with E-state index in [9.17, 15) is 0 Å². The standard InChI is InChI=1S/C44H48N4O/c1-42(2,3)30-17-19-32(20-18-30)46-28-40(44(7,8)9)47(29-46)33-13-12-14-34(26-33)49-35-21-22-37-36-15-10-11-16-38(36)48(39(37)27-35)41-25-31(23-24-45-41)43(4,5)6/h10-28H,29H2,1-9H3. The summed E-state index contributed by atoms with van der Waals surface area (Å²) >= 11 is 0. The van der Waals surface area contributed by atoms with Crippen LogP contribution in [0.25, 0.3) is 27.6 Å². The van der Waals surface area contributed by atoms with Crippen molar-refractivity contribution in [3.05, 3.63) is 132 Å². The molecule has 0 radical (unpaired) electrons. The maximum Gasteiger partial charge on any atom is 0.137 e. The summed E-state index contributed by atoms with van der Waals surface area (Å²) in [6.45, 7) is 21.0. The van der Waals surface area contributed by atoms with E-state index >= 15 is 0 Å². The highest BCUT2D eigenvalue weighted by molar-refractivity contribution is 6.09. The summed E-state index contributed by atoms with van der Waals surface area (Å²) < 4.78 is 8.90. The van der Waals surface area contributed by atoms with Crippen molar-refractivity contribution in [2.45, 2.75) is 73.1 Å². The average molecular weight is 649 g/mol. The van der Waals surface area contributed by atoms with Gasteiger partial charge >= 0.3 is 0 Å². The number of allylic oxidation sites excluding steroid dienone is 1. The van der Waals surface area contributed by atoms with Gasteiger partial charge in [-0.25, -0.2) is 4.98 Å². The second kappa shape index (κ2) is 11.8. The third-order valence-corrected chi connectivity index (χ3v) is 9.55. The van der Waals surface area contributed by atoms with E-state index in [4.69, 9.17) is 9.72 Å². The number of hydrogen-bond donors (Lipinski definition) is 0. The van der Waals surface area contributed by atoms with Gasteiger partial charge in [0.1, 0.15) is 17.3 Å². The fourth-order valence-corrected chi connectivity index (χ4v) is 6.73. The molecular weight excluding hydrogens is 601 g/mol. The van der Waals surface area contributed by atoms with Crippen LogP contribution in [0.15, 0.2) is 121 Å². The van der Waals surface area contributed by atoms with Crippen LogP contribution in [0.3, 0.4) is 0 Å². The lowest BCUT2D eigenvalue weighted by atomic mass is 9.87. The molecule has 0 spiro atoms. The first-order valence-corrected chi connectivity index (χ1v) is 17.3. The second-order valence-corrected chi connectivity index (χ2v) is 16.4. The molecule has 49 heavy (non-hydrogen) atoms. The Morgan fingerprint density at radius 2 is 1.27 bits per heavy atom. The molecule has 0 atom stereocenters. The largest absolute Gasteiger partial charge is 0.457 e. The van der Waals surface area contributed by atoms with E-state index in [2.05, 4.69) is 180 Å². The van der Waals surface area contributed by atoms with Gasteiger partial charge in [0.05, 0.1) is 17.7 Å². The van der Waals surface area contributed by atoms with Crippen molar-refractivity contribution in [1.29, 1.82) is 0 Å². The van der Waals surface area contributed by atoms with Gasteiger partial charge in [0.25, 0.3) is 0 Å². The van der Waals surface area contributed by atoms with Crippen molar-refractivity contribution in [2.24, 2.45) is 5.41 Å². The summed E-state index contributed by atoms with van der Waals surface area (Å²) in [4.78, 5) is 9.59. The highest BCUT2D eigenvalue weighted by atomic mass is 16.5. The number of benzene rings is 4. The van der Waals surface area contributed by atoms with Crippen molar-refractivity contribution < 1.29 is 4.74 Å². The zero-order chi connectivity index (χ0) is 34.7. The molecule has 6 aromatic rings. The number of anilines is 2. The molecule has 250 valence electrons. The van der Waals surface area contributed by atoms with Crippen LogP contribution in [-0.4, -0.2) is 16.2 Å². The summed E-state index contributed by atoms with van der Waals surface area (Å²) in [7, 11) is 0. The molecule has 0 amide bonds. The first-order chi connectivity index (χ1) is 23.2. The summed E-state index contributed by atoms with van der Waals surface area (Å²) in [5, 5.41) is 2.37. The van der Waals surface area contributed by atoms with E-state index in [-0.39, 0.29) is 16.2 Å². The van der Waals surface area contributed by atoms with Gasteiger partial charge in [-0.15, -0.1) is 0 Å².